The number of rotatable bonds is 6. The largest absolute Gasteiger partial charge is 0.485 e. The molecule has 0 fully saturated rings. The Labute approximate surface area is 227 Å². The number of benzene rings is 3. The van der Waals surface area contributed by atoms with Crippen molar-refractivity contribution in [2.75, 3.05) is 7.11 Å². The molecule has 2 heterocycles. The lowest BCUT2D eigenvalue weighted by atomic mass is 10.00. The molecular formula is C29H25ClN2O5S. The van der Waals surface area contributed by atoms with Crippen molar-refractivity contribution in [1.82, 2.24) is 10.5 Å². The molecule has 0 bridgehead atoms. The standard InChI is InChI=1S/C29H25ClN2O5S/c1-14-10-20(16(3)36-24-9-7-19(30)13-21(24)29(34)32-35-5)28-22(11-14)26(33)15(2)27(37-28)18-6-8-23-25(12-18)38-17(4)31-23/h6-13,16H,1-5H3,(H,32,34)/t16-/m1/s1. The first kappa shape index (κ1) is 25.9. The van der Waals surface area contributed by atoms with Crippen LogP contribution in [0.1, 0.15) is 45.1 Å². The summed E-state index contributed by atoms with van der Waals surface area (Å²) in [6, 6.07) is 14.4. The van der Waals surface area contributed by atoms with Crippen molar-refractivity contribution >= 4 is 50.0 Å². The molecule has 5 rings (SSSR count). The summed E-state index contributed by atoms with van der Waals surface area (Å²) >= 11 is 7.72. The number of amides is 1. The van der Waals surface area contributed by atoms with E-state index < -0.39 is 12.0 Å². The molecular weight excluding hydrogens is 524 g/mol. The second-order valence-corrected chi connectivity index (χ2v) is 10.7. The second kappa shape index (κ2) is 10.2. The molecule has 1 atom stereocenters. The highest BCUT2D eigenvalue weighted by molar-refractivity contribution is 7.18. The maximum absolute atomic E-state index is 13.5. The van der Waals surface area contributed by atoms with Crippen molar-refractivity contribution in [2.24, 2.45) is 0 Å². The van der Waals surface area contributed by atoms with Gasteiger partial charge in [-0.15, -0.1) is 11.3 Å². The van der Waals surface area contributed by atoms with E-state index in [4.69, 9.17) is 25.6 Å². The lowest BCUT2D eigenvalue weighted by Gasteiger charge is -2.20. The van der Waals surface area contributed by atoms with Crippen LogP contribution in [-0.2, 0) is 4.84 Å². The van der Waals surface area contributed by atoms with E-state index in [2.05, 4.69) is 10.5 Å². The number of aryl methyl sites for hydroxylation is 2. The van der Waals surface area contributed by atoms with E-state index in [1.165, 1.54) is 13.2 Å². The van der Waals surface area contributed by atoms with Gasteiger partial charge in [-0.05, 0) is 81.8 Å². The van der Waals surface area contributed by atoms with Crippen LogP contribution < -0.4 is 15.6 Å². The lowest BCUT2D eigenvalue weighted by Crippen LogP contribution is -2.23. The van der Waals surface area contributed by atoms with E-state index in [9.17, 15) is 9.59 Å². The summed E-state index contributed by atoms with van der Waals surface area (Å²) in [6.07, 6.45) is -0.571. The molecule has 0 saturated heterocycles. The van der Waals surface area contributed by atoms with Crippen molar-refractivity contribution in [2.45, 2.75) is 33.8 Å². The van der Waals surface area contributed by atoms with Crippen LogP contribution in [0.2, 0.25) is 5.02 Å². The Morgan fingerprint density at radius 1 is 1.11 bits per heavy atom. The molecule has 0 spiro atoms. The molecule has 5 aromatic rings. The fourth-order valence-electron chi connectivity index (χ4n) is 4.51. The number of hydrogen-bond acceptors (Lipinski definition) is 7. The number of aromatic nitrogens is 1. The van der Waals surface area contributed by atoms with Gasteiger partial charge < -0.3 is 9.15 Å². The minimum absolute atomic E-state index is 0.106. The predicted molar refractivity (Wildman–Crippen MR) is 150 cm³/mol. The third-order valence-electron chi connectivity index (χ3n) is 6.27. The van der Waals surface area contributed by atoms with Crippen LogP contribution in [0.5, 0.6) is 5.75 Å². The maximum atomic E-state index is 13.5. The van der Waals surface area contributed by atoms with Gasteiger partial charge in [0, 0.05) is 21.7 Å². The number of ether oxygens (including phenoxy) is 1. The van der Waals surface area contributed by atoms with Crippen LogP contribution in [0.3, 0.4) is 0 Å². The molecule has 0 radical (unpaired) electrons. The Bertz CT molecular complexity index is 1780. The fraction of sp³-hybridized carbons (Fsp3) is 0.207. The van der Waals surface area contributed by atoms with Gasteiger partial charge in [0.1, 0.15) is 23.2 Å². The summed E-state index contributed by atoms with van der Waals surface area (Å²) < 4.78 is 13.7. The van der Waals surface area contributed by atoms with Crippen molar-refractivity contribution in [3.05, 3.63) is 91.0 Å². The minimum Gasteiger partial charge on any atom is -0.485 e. The first-order valence-corrected chi connectivity index (χ1v) is 13.1. The minimum atomic E-state index is -0.571. The highest BCUT2D eigenvalue weighted by Crippen LogP contribution is 2.35. The van der Waals surface area contributed by atoms with Gasteiger partial charge >= 0.3 is 0 Å². The lowest BCUT2D eigenvalue weighted by molar-refractivity contribution is 0.0532. The molecule has 194 valence electrons. The van der Waals surface area contributed by atoms with Crippen molar-refractivity contribution in [1.29, 1.82) is 0 Å². The van der Waals surface area contributed by atoms with Crippen molar-refractivity contribution in [3.8, 4) is 17.1 Å². The summed E-state index contributed by atoms with van der Waals surface area (Å²) in [5.74, 6) is 0.315. The molecule has 38 heavy (non-hydrogen) atoms. The highest BCUT2D eigenvalue weighted by Gasteiger charge is 2.22. The first-order chi connectivity index (χ1) is 18.2. The van der Waals surface area contributed by atoms with Crippen molar-refractivity contribution in [3.63, 3.8) is 0 Å². The average molecular weight is 549 g/mol. The quantitative estimate of drug-likeness (QED) is 0.228. The van der Waals surface area contributed by atoms with Crippen LogP contribution in [0.25, 0.3) is 32.5 Å². The van der Waals surface area contributed by atoms with Gasteiger partial charge in [-0.3, -0.25) is 14.4 Å². The number of carbonyl (C=O) groups is 1. The van der Waals surface area contributed by atoms with Gasteiger partial charge in [0.2, 0.25) is 0 Å². The van der Waals surface area contributed by atoms with Gasteiger partial charge in [-0.2, -0.15) is 0 Å². The fourth-order valence-corrected chi connectivity index (χ4v) is 5.55. The number of carbonyl (C=O) groups excluding carboxylic acids is 1. The van der Waals surface area contributed by atoms with Crippen LogP contribution in [-0.4, -0.2) is 18.0 Å². The highest BCUT2D eigenvalue weighted by atomic mass is 35.5. The van der Waals surface area contributed by atoms with Gasteiger partial charge in [-0.1, -0.05) is 11.6 Å². The summed E-state index contributed by atoms with van der Waals surface area (Å²) in [6.45, 7) is 7.50. The van der Waals surface area contributed by atoms with Crippen LogP contribution in [0.15, 0.2) is 57.7 Å². The molecule has 0 unspecified atom stereocenters. The summed E-state index contributed by atoms with van der Waals surface area (Å²) in [4.78, 5) is 35.4. The molecule has 0 aliphatic heterocycles. The third kappa shape index (κ3) is 4.78. The third-order valence-corrected chi connectivity index (χ3v) is 7.44. The smallest absolute Gasteiger partial charge is 0.278 e. The predicted octanol–water partition coefficient (Wildman–Crippen LogP) is 7.08. The first-order valence-electron chi connectivity index (χ1n) is 11.9. The Hall–Kier alpha value is -3.72. The average Bonchev–Trinajstić information content (AvgIpc) is 3.26. The number of nitrogens with one attached hydrogen (secondary N) is 1. The number of thiazole rings is 1. The van der Waals surface area contributed by atoms with Crippen LogP contribution >= 0.6 is 22.9 Å². The Morgan fingerprint density at radius 3 is 2.66 bits per heavy atom. The normalized spacial score (nSPS) is 12.2. The zero-order valence-electron chi connectivity index (χ0n) is 21.5. The summed E-state index contributed by atoms with van der Waals surface area (Å²) in [5, 5.41) is 1.82. The zero-order valence-corrected chi connectivity index (χ0v) is 23.0. The Balaban J connectivity index is 1.64. The van der Waals surface area contributed by atoms with Gasteiger partial charge in [0.15, 0.2) is 5.43 Å². The van der Waals surface area contributed by atoms with Crippen LogP contribution in [0.4, 0.5) is 0 Å². The molecule has 1 amide bonds. The maximum Gasteiger partial charge on any atom is 0.278 e. The molecule has 7 nitrogen and oxygen atoms in total. The number of halogens is 1. The Kier molecular flexibility index (Phi) is 6.96. The zero-order chi connectivity index (χ0) is 27.1. The number of hydroxylamine groups is 1. The monoisotopic (exact) mass is 548 g/mol. The number of fused-ring (bicyclic) bond motifs is 2. The molecule has 0 saturated carbocycles. The van der Waals surface area contributed by atoms with E-state index in [1.807, 2.05) is 51.1 Å². The summed E-state index contributed by atoms with van der Waals surface area (Å²) in [7, 11) is 1.35. The molecule has 9 heteroatoms. The van der Waals surface area contributed by atoms with Gasteiger partial charge in [-0.25, -0.2) is 10.5 Å². The van der Waals surface area contributed by atoms with Gasteiger partial charge in [0.25, 0.3) is 5.91 Å². The second-order valence-electron chi connectivity index (χ2n) is 9.07. The molecule has 0 aliphatic carbocycles. The van der Waals surface area contributed by atoms with E-state index in [0.29, 0.717) is 38.6 Å². The molecule has 0 aliphatic rings. The number of nitrogens with zero attached hydrogens (tertiary/aromatic N) is 1. The summed E-state index contributed by atoms with van der Waals surface area (Å²) in [5.41, 5.74) is 6.65. The van der Waals surface area contributed by atoms with Crippen molar-refractivity contribution < 1.29 is 18.8 Å². The van der Waals surface area contributed by atoms with Gasteiger partial charge in [0.05, 0.1) is 33.3 Å². The SMILES string of the molecule is CONC(=O)c1cc(Cl)ccc1O[C@H](C)c1cc(C)cc2c(=O)c(C)c(-c3ccc4nc(C)sc4c3)oc12. The topological polar surface area (TPSA) is 90.7 Å². The van der Waals surface area contributed by atoms with E-state index >= 15 is 0 Å². The van der Waals surface area contributed by atoms with E-state index in [-0.39, 0.29) is 11.0 Å². The molecule has 3 aromatic carbocycles. The molecule has 1 N–H and O–H groups in total. The van der Waals surface area contributed by atoms with Crippen LogP contribution in [0, 0.1) is 20.8 Å². The van der Waals surface area contributed by atoms with E-state index in [0.717, 1.165) is 26.4 Å². The van der Waals surface area contributed by atoms with E-state index in [1.54, 1.807) is 30.4 Å². The Morgan fingerprint density at radius 2 is 1.89 bits per heavy atom. The molecule has 2 aromatic heterocycles. The number of hydrogen-bond donors (Lipinski definition) is 1.